The summed E-state index contributed by atoms with van der Waals surface area (Å²) in [4.78, 5) is 14.5. The molecule has 1 amide bonds. The van der Waals surface area contributed by atoms with Crippen LogP contribution in [0.25, 0.3) is 0 Å². The van der Waals surface area contributed by atoms with Crippen LogP contribution in [0.5, 0.6) is 0 Å². The first-order valence-electron chi connectivity index (χ1n) is 8.58. The second-order valence-corrected chi connectivity index (χ2v) is 8.46. The highest BCUT2D eigenvalue weighted by atomic mass is 35.5. The molecule has 0 saturated carbocycles. The fourth-order valence-electron chi connectivity index (χ4n) is 3.10. The Balaban J connectivity index is 0.00000261. The van der Waals surface area contributed by atoms with E-state index in [2.05, 4.69) is 0 Å². The topological polar surface area (TPSA) is 83.7 Å². The Morgan fingerprint density at radius 1 is 1.15 bits per heavy atom. The first-order chi connectivity index (χ1) is 12.4. The number of carbonyl (C=O) groups excluding carboxylic acids is 1. The van der Waals surface area contributed by atoms with Gasteiger partial charge in [0.2, 0.25) is 0 Å². The number of para-hydroxylation sites is 1. The first kappa shape index (κ1) is 21.2. The molecule has 1 heterocycles. The van der Waals surface area contributed by atoms with Gasteiger partial charge in [-0.3, -0.25) is 9.10 Å². The Morgan fingerprint density at radius 2 is 1.85 bits per heavy atom. The van der Waals surface area contributed by atoms with Crippen molar-refractivity contribution in [3.8, 4) is 0 Å². The Bertz CT molecular complexity index is 890. The highest BCUT2D eigenvalue weighted by Crippen LogP contribution is 2.23. The minimum atomic E-state index is -3.75. The summed E-state index contributed by atoms with van der Waals surface area (Å²) in [7, 11) is -2.25. The summed E-state index contributed by atoms with van der Waals surface area (Å²) in [5.41, 5.74) is 6.87. The monoisotopic (exact) mass is 409 g/mol. The number of halogens is 1. The van der Waals surface area contributed by atoms with Crippen LogP contribution in [0, 0.1) is 0 Å². The van der Waals surface area contributed by atoms with E-state index in [1.165, 1.54) is 23.5 Å². The number of amides is 1. The summed E-state index contributed by atoms with van der Waals surface area (Å²) in [6.07, 6.45) is 1.77. The van der Waals surface area contributed by atoms with Crippen molar-refractivity contribution in [3.05, 3.63) is 60.2 Å². The van der Waals surface area contributed by atoms with Crippen molar-refractivity contribution in [2.45, 2.75) is 23.8 Å². The molecular formula is C19H24ClN3O3S. The molecule has 2 aromatic carbocycles. The first-order valence-corrected chi connectivity index (χ1v) is 10.0. The molecule has 2 aromatic rings. The van der Waals surface area contributed by atoms with E-state index in [0.29, 0.717) is 24.3 Å². The van der Waals surface area contributed by atoms with Crippen LogP contribution in [-0.2, 0) is 10.0 Å². The molecule has 1 atom stereocenters. The number of sulfonamides is 1. The molecule has 1 saturated heterocycles. The van der Waals surface area contributed by atoms with Gasteiger partial charge < -0.3 is 10.6 Å². The molecule has 3 rings (SSSR count). The largest absolute Gasteiger partial charge is 0.337 e. The molecule has 2 N–H and O–H groups in total. The van der Waals surface area contributed by atoms with E-state index in [1.807, 2.05) is 6.07 Å². The van der Waals surface area contributed by atoms with E-state index in [-0.39, 0.29) is 29.3 Å². The van der Waals surface area contributed by atoms with Crippen LogP contribution in [0.4, 0.5) is 5.69 Å². The zero-order chi connectivity index (χ0) is 18.7. The second-order valence-electron chi connectivity index (χ2n) is 6.49. The van der Waals surface area contributed by atoms with Crippen molar-refractivity contribution < 1.29 is 13.2 Å². The van der Waals surface area contributed by atoms with E-state index < -0.39 is 10.0 Å². The highest BCUT2D eigenvalue weighted by Gasteiger charge is 2.25. The number of anilines is 1. The Hall–Kier alpha value is -2.09. The maximum absolute atomic E-state index is 12.9. The maximum atomic E-state index is 12.9. The lowest BCUT2D eigenvalue weighted by molar-refractivity contribution is 0.0708. The predicted octanol–water partition coefficient (Wildman–Crippen LogP) is 2.50. The third-order valence-electron chi connectivity index (χ3n) is 4.60. The molecule has 0 aliphatic carbocycles. The molecule has 1 aliphatic rings. The summed E-state index contributed by atoms with van der Waals surface area (Å²) in [5.74, 6) is -0.181. The predicted molar refractivity (Wildman–Crippen MR) is 109 cm³/mol. The molecule has 1 aliphatic heterocycles. The van der Waals surface area contributed by atoms with Crippen molar-refractivity contribution in [2.75, 3.05) is 24.4 Å². The van der Waals surface area contributed by atoms with Gasteiger partial charge in [0, 0.05) is 31.7 Å². The summed E-state index contributed by atoms with van der Waals surface area (Å²) in [5, 5.41) is 0. The van der Waals surface area contributed by atoms with E-state index in [1.54, 1.807) is 41.3 Å². The van der Waals surface area contributed by atoms with Crippen LogP contribution < -0.4 is 10.0 Å². The fraction of sp³-hybridized carbons (Fsp3) is 0.316. The molecule has 1 fully saturated rings. The van der Waals surface area contributed by atoms with Crippen molar-refractivity contribution >= 4 is 34.0 Å². The number of nitrogens with zero attached hydrogens (tertiary/aromatic N) is 2. The number of hydrogen-bond acceptors (Lipinski definition) is 4. The normalized spacial score (nSPS) is 17.1. The van der Waals surface area contributed by atoms with Gasteiger partial charge in [-0.25, -0.2) is 8.42 Å². The Kier molecular flexibility index (Phi) is 6.86. The molecular weight excluding hydrogens is 386 g/mol. The van der Waals surface area contributed by atoms with Gasteiger partial charge in [-0.2, -0.15) is 0 Å². The van der Waals surface area contributed by atoms with E-state index in [4.69, 9.17) is 5.73 Å². The molecule has 1 unspecified atom stereocenters. The lowest BCUT2D eigenvalue weighted by atomic mass is 10.1. The molecule has 6 nitrogen and oxygen atoms in total. The van der Waals surface area contributed by atoms with Gasteiger partial charge in [0.05, 0.1) is 10.6 Å². The van der Waals surface area contributed by atoms with E-state index in [9.17, 15) is 13.2 Å². The van der Waals surface area contributed by atoms with Crippen molar-refractivity contribution in [1.29, 1.82) is 0 Å². The summed E-state index contributed by atoms with van der Waals surface area (Å²) in [6, 6.07) is 15.0. The summed E-state index contributed by atoms with van der Waals surface area (Å²) in [6.45, 7) is 1.15. The average molecular weight is 410 g/mol. The average Bonchev–Trinajstić information content (AvgIpc) is 2.67. The van der Waals surface area contributed by atoms with Gasteiger partial charge in [0.15, 0.2) is 0 Å². The number of carbonyl (C=O) groups is 1. The summed E-state index contributed by atoms with van der Waals surface area (Å²) >= 11 is 0. The van der Waals surface area contributed by atoms with Crippen LogP contribution in [0.15, 0.2) is 59.5 Å². The summed E-state index contributed by atoms with van der Waals surface area (Å²) < 4.78 is 27.0. The van der Waals surface area contributed by atoms with E-state index >= 15 is 0 Å². The van der Waals surface area contributed by atoms with Crippen LogP contribution in [0.2, 0.25) is 0 Å². The molecule has 0 spiro atoms. The number of rotatable bonds is 4. The molecule has 146 valence electrons. The molecule has 8 heteroatoms. The van der Waals surface area contributed by atoms with Gasteiger partial charge in [-0.15, -0.1) is 12.4 Å². The highest BCUT2D eigenvalue weighted by molar-refractivity contribution is 7.92. The standard InChI is InChI=1S/C19H23N3O3S.ClH/c1-21(17-9-3-2-4-10-17)26(24,25)18-11-5-7-15(13-18)19(23)22-12-6-8-16(20)14-22;/h2-5,7,9-11,13,16H,6,8,12,14,20H2,1H3;1H. The lowest BCUT2D eigenvalue weighted by Crippen LogP contribution is -2.45. The Morgan fingerprint density at radius 3 is 2.52 bits per heavy atom. The number of likely N-dealkylation sites (tertiary alicyclic amines) is 1. The third-order valence-corrected chi connectivity index (χ3v) is 6.39. The fourth-order valence-corrected chi connectivity index (χ4v) is 4.34. The van der Waals surface area contributed by atoms with Crippen LogP contribution in [-0.4, -0.2) is 45.4 Å². The van der Waals surface area contributed by atoms with Crippen molar-refractivity contribution in [2.24, 2.45) is 5.73 Å². The molecule has 0 aromatic heterocycles. The molecule has 0 radical (unpaired) electrons. The van der Waals surface area contributed by atoms with Gasteiger partial charge in [-0.05, 0) is 43.2 Å². The third kappa shape index (κ3) is 4.61. The second kappa shape index (κ2) is 8.73. The van der Waals surface area contributed by atoms with Gasteiger partial charge in [0.25, 0.3) is 15.9 Å². The van der Waals surface area contributed by atoms with Gasteiger partial charge in [0.1, 0.15) is 0 Å². The minimum absolute atomic E-state index is 0. The zero-order valence-electron chi connectivity index (χ0n) is 15.1. The lowest BCUT2D eigenvalue weighted by Gasteiger charge is -2.31. The van der Waals surface area contributed by atoms with Crippen molar-refractivity contribution in [3.63, 3.8) is 0 Å². The number of piperidine rings is 1. The quantitative estimate of drug-likeness (QED) is 0.840. The van der Waals surface area contributed by atoms with E-state index in [0.717, 1.165) is 12.8 Å². The van der Waals surface area contributed by atoms with Crippen LogP contribution in [0.3, 0.4) is 0 Å². The maximum Gasteiger partial charge on any atom is 0.264 e. The molecule has 0 bridgehead atoms. The van der Waals surface area contributed by atoms with Crippen LogP contribution >= 0.6 is 12.4 Å². The SMILES string of the molecule is CN(c1ccccc1)S(=O)(=O)c1cccc(C(=O)N2CCCC(N)C2)c1.Cl. The van der Waals surface area contributed by atoms with Crippen molar-refractivity contribution in [1.82, 2.24) is 4.90 Å². The number of nitrogens with two attached hydrogens (primary N) is 1. The Labute approximate surface area is 166 Å². The zero-order valence-corrected chi connectivity index (χ0v) is 16.7. The minimum Gasteiger partial charge on any atom is -0.337 e. The van der Waals surface area contributed by atoms with Gasteiger partial charge in [-0.1, -0.05) is 24.3 Å². The van der Waals surface area contributed by atoms with Gasteiger partial charge >= 0.3 is 0 Å². The molecule has 27 heavy (non-hydrogen) atoms. The smallest absolute Gasteiger partial charge is 0.264 e. The number of hydrogen-bond donors (Lipinski definition) is 1. The van der Waals surface area contributed by atoms with Crippen LogP contribution in [0.1, 0.15) is 23.2 Å². The number of benzene rings is 2.